The molecule has 0 saturated carbocycles. The molecule has 0 unspecified atom stereocenters. The molecule has 0 radical (unpaired) electrons. The van der Waals surface area contributed by atoms with E-state index in [9.17, 15) is 0 Å². The summed E-state index contributed by atoms with van der Waals surface area (Å²) in [6.45, 7) is 2.02. The van der Waals surface area contributed by atoms with Gasteiger partial charge in [0, 0.05) is 11.6 Å². The zero-order chi connectivity index (χ0) is 6.69. The van der Waals surface area contributed by atoms with Crippen LogP contribution < -0.4 is 0 Å². The minimum Gasteiger partial charge on any atom is -0.256 e. The van der Waals surface area contributed by atoms with Crippen molar-refractivity contribution in [1.82, 2.24) is 4.98 Å². The van der Waals surface area contributed by atoms with Crippen molar-refractivity contribution in [3.05, 3.63) is 29.6 Å². The van der Waals surface area contributed by atoms with Crippen LogP contribution in [0, 0.1) is 6.92 Å². The first-order valence-electron chi connectivity index (χ1n) is 2.71. The van der Waals surface area contributed by atoms with E-state index in [2.05, 4.69) is 4.98 Å². The molecule has 0 bridgehead atoms. The third-order valence-corrected chi connectivity index (χ3v) is 1.30. The number of aryl methyl sites for hydroxylation is 1. The zero-order valence-electron chi connectivity index (χ0n) is 5.16. The van der Waals surface area contributed by atoms with Crippen molar-refractivity contribution in [2.45, 2.75) is 6.92 Å². The van der Waals surface area contributed by atoms with Gasteiger partial charge in [0.1, 0.15) is 0 Å². The average Bonchev–Trinajstić information content (AvgIpc) is 1.88. The molecule has 0 amide bonds. The first-order valence-corrected chi connectivity index (χ1v) is 3.18. The summed E-state index contributed by atoms with van der Waals surface area (Å²) in [5, 5.41) is 1.58. The van der Waals surface area contributed by atoms with Crippen molar-refractivity contribution >= 4 is 17.6 Å². The maximum atomic E-state index is 4.69. The second kappa shape index (κ2) is 2.69. The minimum absolute atomic E-state index is 0.866. The van der Waals surface area contributed by atoms with E-state index in [1.807, 2.05) is 19.1 Å². The van der Waals surface area contributed by atoms with Gasteiger partial charge in [-0.15, -0.1) is 0 Å². The van der Waals surface area contributed by atoms with Crippen molar-refractivity contribution in [2.75, 3.05) is 0 Å². The molecule has 46 valence electrons. The maximum Gasteiger partial charge on any atom is 0.0739 e. The Hall–Kier alpha value is -0.760. The highest BCUT2D eigenvalue weighted by molar-refractivity contribution is 7.79. The summed E-state index contributed by atoms with van der Waals surface area (Å²) in [7, 11) is 0. The largest absolute Gasteiger partial charge is 0.256 e. The third-order valence-electron chi connectivity index (χ3n) is 1.06. The van der Waals surface area contributed by atoms with Crippen LogP contribution in [-0.4, -0.2) is 10.4 Å². The van der Waals surface area contributed by atoms with Crippen molar-refractivity contribution in [3.8, 4) is 0 Å². The summed E-state index contributed by atoms with van der Waals surface area (Å²) >= 11 is 4.69. The lowest BCUT2D eigenvalue weighted by Crippen LogP contribution is -1.83. The fourth-order valence-electron chi connectivity index (χ4n) is 0.624. The fourth-order valence-corrected chi connectivity index (χ4v) is 0.753. The summed E-state index contributed by atoms with van der Waals surface area (Å²) in [6.07, 6.45) is 1.76. The molecule has 0 aliphatic carbocycles. The van der Waals surface area contributed by atoms with E-state index in [4.69, 9.17) is 12.2 Å². The predicted molar refractivity (Wildman–Crippen MR) is 41.7 cm³/mol. The number of thiocarbonyl (C=S) groups is 1. The molecule has 1 rings (SSSR count). The third kappa shape index (κ3) is 1.57. The van der Waals surface area contributed by atoms with E-state index in [0.29, 0.717) is 0 Å². The number of rotatable bonds is 1. The summed E-state index contributed by atoms with van der Waals surface area (Å²) < 4.78 is 0. The standard InChI is InChI=1S/C7H7NS/c1-6-2-3-8-7(4-6)5-9/h2-5H,1H3. The molecule has 2 heteroatoms. The lowest BCUT2D eigenvalue weighted by molar-refractivity contribution is 1.27. The second-order valence-corrected chi connectivity index (χ2v) is 2.11. The highest BCUT2D eigenvalue weighted by Gasteiger charge is 1.85. The molecule has 0 aliphatic rings. The Labute approximate surface area is 59.7 Å². The molecule has 0 fully saturated rings. The molecular weight excluding hydrogens is 130 g/mol. The number of nitrogens with zero attached hydrogens (tertiary/aromatic N) is 1. The van der Waals surface area contributed by atoms with Gasteiger partial charge in [-0.1, -0.05) is 12.2 Å². The Bertz CT molecular complexity index is 220. The van der Waals surface area contributed by atoms with Crippen LogP contribution in [0.2, 0.25) is 0 Å². The van der Waals surface area contributed by atoms with Gasteiger partial charge >= 0.3 is 0 Å². The van der Waals surface area contributed by atoms with Gasteiger partial charge in [-0.25, -0.2) is 0 Å². The molecule has 0 aliphatic heterocycles. The Morgan fingerprint density at radius 2 is 2.44 bits per heavy atom. The van der Waals surface area contributed by atoms with Crippen LogP contribution in [0.3, 0.4) is 0 Å². The van der Waals surface area contributed by atoms with Gasteiger partial charge < -0.3 is 0 Å². The van der Waals surface area contributed by atoms with Crippen LogP contribution >= 0.6 is 12.2 Å². The van der Waals surface area contributed by atoms with Crippen molar-refractivity contribution in [1.29, 1.82) is 0 Å². The van der Waals surface area contributed by atoms with E-state index in [1.54, 1.807) is 11.6 Å². The summed E-state index contributed by atoms with van der Waals surface area (Å²) in [4.78, 5) is 4.00. The van der Waals surface area contributed by atoms with Crippen LogP contribution in [0.4, 0.5) is 0 Å². The summed E-state index contributed by atoms with van der Waals surface area (Å²) in [6, 6.07) is 3.90. The Kier molecular flexibility index (Phi) is 1.90. The van der Waals surface area contributed by atoms with Crippen molar-refractivity contribution < 1.29 is 0 Å². The fraction of sp³-hybridized carbons (Fsp3) is 0.143. The SMILES string of the molecule is Cc1ccnc(C=S)c1. The smallest absolute Gasteiger partial charge is 0.0739 e. The lowest BCUT2D eigenvalue weighted by atomic mass is 10.3. The molecular formula is C7H7NS. The Balaban J connectivity index is 3.07. The topological polar surface area (TPSA) is 12.9 Å². The quantitative estimate of drug-likeness (QED) is 0.547. The summed E-state index contributed by atoms with van der Waals surface area (Å²) in [5.74, 6) is 0. The van der Waals surface area contributed by atoms with E-state index in [-0.39, 0.29) is 0 Å². The summed E-state index contributed by atoms with van der Waals surface area (Å²) in [5.41, 5.74) is 2.06. The van der Waals surface area contributed by atoms with Gasteiger partial charge in [0.05, 0.1) is 5.69 Å². The predicted octanol–water partition coefficient (Wildman–Crippen LogP) is 1.74. The number of aromatic nitrogens is 1. The van der Waals surface area contributed by atoms with Crippen LogP contribution in [0.25, 0.3) is 0 Å². The van der Waals surface area contributed by atoms with Gasteiger partial charge in [0.15, 0.2) is 0 Å². The molecule has 1 aromatic rings. The Morgan fingerprint density at radius 3 is 2.89 bits per heavy atom. The van der Waals surface area contributed by atoms with Crippen molar-refractivity contribution in [3.63, 3.8) is 0 Å². The van der Waals surface area contributed by atoms with E-state index < -0.39 is 0 Å². The molecule has 0 aromatic carbocycles. The van der Waals surface area contributed by atoms with E-state index in [0.717, 1.165) is 5.69 Å². The molecule has 0 N–H and O–H groups in total. The first-order chi connectivity index (χ1) is 4.33. The highest BCUT2D eigenvalue weighted by Crippen LogP contribution is 1.96. The molecule has 0 spiro atoms. The van der Waals surface area contributed by atoms with Crippen LogP contribution in [0.5, 0.6) is 0 Å². The highest BCUT2D eigenvalue weighted by atomic mass is 32.1. The zero-order valence-corrected chi connectivity index (χ0v) is 5.98. The van der Waals surface area contributed by atoms with Crippen LogP contribution in [0.15, 0.2) is 18.3 Å². The van der Waals surface area contributed by atoms with Crippen LogP contribution in [-0.2, 0) is 0 Å². The first kappa shape index (κ1) is 6.36. The van der Waals surface area contributed by atoms with Crippen molar-refractivity contribution in [2.24, 2.45) is 0 Å². The minimum atomic E-state index is 0.866. The second-order valence-electron chi connectivity index (χ2n) is 1.88. The van der Waals surface area contributed by atoms with Gasteiger partial charge in [-0.05, 0) is 24.6 Å². The van der Waals surface area contributed by atoms with E-state index >= 15 is 0 Å². The average molecular weight is 137 g/mol. The van der Waals surface area contributed by atoms with Gasteiger partial charge in [-0.2, -0.15) is 0 Å². The number of hydrogen-bond acceptors (Lipinski definition) is 2. The normalized spacial score (nSPS) is 9.00. The molecule has 1 heterocycles. The Morgan fingerprint density at radius 1 is 1.67 bits per heavy atom. The number of pyridine rings is 1. The molecule has 9 heavy (non-hydrogen) atoms. The van der Waals surface area contributed by atoms with Gasteiger partial charge in [0.25, 0.3) is 0 Å². The molecule has 0 atom stereocenters. The molecule has 1 aromatic heterocycles. The molecule has 1 nitrogen and oxygen atoms in total. The maximum absolute atomic E-state index is 4.69. The molecule has 0 saturated heterocycles. The van der Waals surface area contributed by atoms with Crippen LogP contribution in [0.1, 0.15) is 11.3 Å². The van der Waals surface area contributed by atoms with Gasteiger partial charge in [0.2, 0.25) is 0 Å². The van der Waals surface area contributed by atoms with E-state index in [1.165, 1.54) is 5.56 Å². The monoisotopic (exact) mass is 137 g/mol. The number of hydrogen-bond donors (Lipinski definition) is 0. The van der Waals surface area contributed by atoms with Gasteiger partial charge in [-0.3, -0.25) is 4.98 Å². The lowest BCUT2D eigenvalue weighted by Gasteiger charge is -1.90.